The Balaban J connectivity index is 2.23. The number of nitrogens with zero attached hydrogens (tertiary/aromatic N) is 1. The van der Waals surface area contributed by atoms with Gasteiger partial charge in [0, 0.05) is 12.6 Å². The molecule has 1 amide bonds. The van der Waals surface area contributed by atoms with Gasteiger partial charge in [0.1, 0.15) is 23.3 Å². The highest BCUT2D eigenvalue weighted by molar-refractivity contribution is 8.76. The molecular weight excluding hydrogens is 542 g/mol. The summed E-state index contributed by atoms with van der Waals surface area (Å²) in [6, 6.07) is 0. The number of aromatic amines is 1. The lowest BCUT2D eigenvalue weighted by Crippen LogP contribution is -2.37. The second-order valence-corrected chi connectivity index (χ2v) is 10.8. The van der Waals surface area contributed by atoms with Crippen molar-refractivity contribution in [3.05, 3.63) is 32.6 Å². The first-order valence-corrected chi connectivity index (χ1v) is 13.7. The summed E-state index contributed by atoms with van der Waals surface area (Å²) in [6.07, 6.45) is -5.11. The van der Waals surface area contributed by atoms with Gasteiger partial charge in [0.25, 0.3) is 13.4 Å². The van der Waals surface area contributed by atoms with Gasteiger partial charge in [0.05, 0.1) is 19.3 Å². The predicted octanol–water partition coefficient (Wildman–Crippen LogP) is 0.0738. The number of phosphoric acid groups is 1. The molecule has 0 aliphatic carbocycles. The Kier molecular flexibility index (Phi) is 10.5. The number of nitrogens with one attached hydrogen (secondary N) is 2. The third-order valence-corrected chi connectivity index (χ3v) is 6.72. The molecule has 1 aliphatic rings. The van der Waals surface area contributed by atoms with Gasteiger partial charge in [-0.25, -0.2) is 4.79 Å². The molecule has 35 heavy (non-hydrogen) atoms. The highest BCUT2D eigenvalue weighted by Gasteiger charge is 2.39. The summed E-state index contributed by atoms with van der Waals surface area (Å²) in [5, 5.41) is 1.51. The molecule has 2 unspecified atom stereocenters. The van der Waals surface area contributed by atoms with Crippen molar-refractivity contribution in [3.63, 3.8) is 0 Å². The number of aromatic nitrogens is 2. The van der Waals surface area contributed by atoms with Gasteiger partial charge in [-0.05, 0) is 13.2 Å². The van der Waals surface area contributed by atoms with Crippen LogP contribution < -0.4 is 21.5 Å². The maximum atomic E-state index is 12.3. The average Bonchev–Trinajstić information content (AvgIpc) is 3.12. The summed E-state index contributed by atoms with van der Waals surface area (Å²) < 4.78 is 64.4. The van der Waals surface area contributed by atoms with Crippen LogP contribution in [0.15, 0.2) is 15.8 Å². The van der Waals surface area contributed by atoms with Gasteiger partial charge >= 0.3 is 17.8 Å². The van der Waals surface area contributed by atoms with Crippen molar-refractivity contribution in [2.24, 2.45) is 0 Å². The number of amides is 1. The minimum Gasteiger partial charge on any atom is -0.756 e. The van der Waals surface area contributed by atoms with E-state index < -0.39 is 62.7 Å². The topological polar surface area (TPSA) is 172 Å². The maximum Gasteiger partial charge on any atom is 0.471 e. The quantitative estimate of drug-likeness (QED) is 0.161. The van der Waals surface area contributed by atoms with Crippen LogP contribution in [0.5, 0.6) is 0 Å². The summed E-state index contributed by atoms with van der Waals surface area (Å²) in [6.45, 7) is 0.403. The SMILES string of the molecule is CSS[C@@H](C)OC1C[C@H](n2cc(C#CCNC(=O)C(F)(F)F)c(=O)[nH]c2=O)O[C@@H]1COP(=O)([O-])O. The fraction of sp³-hybridized carbons (Fsp3) is 0.588. The lowest BCUT2D eigenvalue weighted by molar-refractivity contribution is -0.223. The van der Waals surface area contributed by atoms with Crippen molar-refractivity contribution >= 4 is 35.3 Å². The fourth-order valence-electron chi connectivity index (χ4n) is 2.89. The van der Waals surface area contributed by atoms with E-state index in [1.54, 1.807) is 6.92 Å². The van der Waals surface area contributed by atoms with Gasteiger partial charge < -0.3 is 29.1 Å². The van der Waals surface area contributed by atoms with E-state index >= 15 is 0 Å². The molecule has 196 valence electrons. The molecule has 1 aromatic heterocycles. The minimum absolute atomic E-state index is 0.0162. The second kappa shape index (κ2) is 12.5. The Morgan fingerprint density at radius 1 is 1.51 bits per heavy atom. The molecule has 1 fully saturated rings. The Bertz CT molecular complexity index is 1130. The van der Waals surface area contributed by atoms with Crippen LogP contribution in [0.4, 0.5) is 13.2 Å². The number of alkyl halides is 3. The Labute approximate surface area is 203 Å². The molecule has 2 heterocycles. The van der Waals surface area contributed by atoms with E-state index in [4.69, 9.17) is 14.4 Å². The van der Waals surface area contributed by atoms with Gasteiger partial charge in [-0.2, -0.15) is 13.2 Å². The number of phosphoric ester groups is 1. The molecule has 5 atom stereocenters. The molecule has 0 bridgehead atoms. The number of H-pyrrole nitrogens is 1. The molecule has 12 nitrogen and oxygen atoms in total. The van der Waals surface area contributed by atoms with Gasteiger partial charge in [-0.15, -0.1) is 0 Å². The second-order valence-electron chi connectivity index (χ2n) is 6.83. The first-order valence-electron chi connectivity index (χ1n) is 9.59. The van der Waals surface area contributed by atoms with Crippen LogP contribution in [0.3, 0.4) is 0 Å². The number of carbonyl (C=O) groups is 1. The molecule has 2 rings (SSSR count). The van der Waals surface area contributed by atoms with Crippen LogP contribution in [0, 0.1) is 11.8 Å². The van der Waals surface area contributed by atoms with Gasteiger partial charge in [0.2, 0.25) is 0 Å². The smallest absolute Gasteiger partial charge is 0.471 e. The van der Waals surface area contributed by atoms with Crippen molar-refractivity contribution in [2.75, 3.05) is 19.4 Å². The van der Waals surface area contributed by atoms with Crippen molar-refractivity contribution < 1.29 is 46.3 Å². The summed E-state index contributed by atoms with van der Waals surface area (Å²) in [5.41, 5.74) is -2.50. The fourth-order valence-corrected chi connectivity index (χ4v) is 4.63. The van der Waals surface area contributed by atoms with Crippen molar-refractivity contribution in [3.8, 4) is 11.8 Å². The maximum absolute atomic E-state index is 12.3. The summed E-state index contributed by atoms with van der Waals surface area (Å²) >= 11 is 0. The first-order chi connectivity index (χ1) is 16.2. The van der Waals surface area contributed by atoms with Crippen LogP contribution in [-0.4, -0.2) is 63.6 Å². The Hall–Kier alpha value is -1.77. The molecule has 1 aromatic rings. The molecule has 0 spiro atoms. The van der Waals surface area contributed by atoms with E-state index in [0.717, 1.165) is 10.8 Å². The monoisotopic (exact) mass is 562 g/mol. The van der Waals surface area contributed by atoms with Crippen molar-refractivity contribution in [1.29, 1.82) is 0 Å². The molecule has 0 radical (unpaired) electrons. The lowest BCUT2D eigenvalue weighted by Gasteiger charge is -2.24. The molecule has 0 aromatic carbocycles. The van der Waals surface area contributed by atoms with E-state index in [2.05, 4.69) is 16.4 Å². The zero-order chi connectivity index (χ0) is 26.4. The molecular formula is C17H20F3N3O9PS2-. The number of rotatable bonds is 9. The zero-order valence-corrected chi connectivity index (χ0v) is 20.6. The van der Waals surface area contributed by atoms with Crippen molar-refractivity contribution in [2.45, 2.75) is 43.4 Å². The molecule has 0 saturated carbocycles. The molecule has 18 heteroatoms. The van der Waals surface area contributed by atoms with E-state index in [1.807, 2.05) is 11.2 Å². The van der Waals surface area contributed by atoms with Crippen LogP contribution in [0.2, 0.25) is 0 Å². The largest absolute Gasteiger partial charge is 0.756 e. The van der Waals surface area contributed by atoms with Crippen LogP contribution in [0.1, 0.15) is 25.1 Å². The molecule has 1 saturated heterocycles. The number of hydrogen-bond donors (Lipinski definition) is 3. The van der Waals surface area contributed by atoms with Crippen LogP contribution in [-0.2, 0) is 23.4 Å². The lowest BCUT2D eigenvalue weighted by atomic mass is 10.2. The number of carbonyl (C=O) groups excluding carboxylic acids is 1. The standard InChI is InChI=1S/C17H21F3N3O9PS2/c1-9(35-34-2)31-11-6-13(32-12(11)8-30-33(27,28)29)23-7-10(14(24)22-16(23)26)4-3-5-21-15(25)17(18,19)20/h7,9,11-13H,5-6,8H2,1-2H3,(H,21,25)(H,22,24,26)(H2,27,28,29)/p-1/t9-,11?,12+,13+/m0/s1. The number of ether oxygens (including phenoxy) is 2. The minimum atomic E-state index is -5.09. The summed E-state index contributed by atoms with van der Waals surface area (Å²) in [7, 11) is -2.30. The molecule has 1 aliphatic heterocycles. The van der Waals surface area contributed by atoms with E-state index in [1.165, 1.54) is 26.9 Å². The summed E-state index contributed by atoms with van der Waals surface area (Å²) in [4.78, 5) is 57.0. The number of hydrogen-bond acceptors (Lipinski definition) is 10. The average molecular weight is 562 g/mol. The van der Waals surface area contributed by atoms with Crippen LogP contribution in [0.25, 0.3) is 0 Å². The third-order valence-electron chi connectivity index (χ3n) is 4.28. The van der Waals surface area contributed by atoms with Gasteiger partial charge in [-0.1, -0.05) is 33.4 Å². The Morgan fingerprint density at radius 3 is 2.80 bits per heavy atom. The highest BCUT2D eigenvalue weighted by atomic mass is 33.1. The van der Waals surface area contributed by atoms with Gasteiger partial charge in [0.15, 0.2) is 0 Å². The highest BCUT2D eigenvalue weighted by Crippen LogP contribution is 2.37. The van der Waals surface area contributed by atoms with E-state index in [9.17, 15) is 37.0 Å². The third kappa shape index (κ3) is 9.32. The van der Waals surface area contributed by atoms with E-state index in [0.29, 0.717) is 0 Å². The summed E-state index contributed by atoms with van der Waals surface area (Å²) in [5.74, 6) is 2.23. The van der Waals surface area contributed by atoms with Gasteiger partial charge in [-0.3, -0.25) is 23.7 Å². The zero-order valence-electron chi connectivity index (χ0n) is 18.1. The molecule has 3 N–H and O–H groups in total. The van der Waals surface area contributed by atoms with Crippen molar-refractivity contribution in [1.82, 2.24) is 14.9 Å². The predicted molar refractivity (Wildman–Crippen MR) is 117 cm³/mol. The normalized spacial score (nSPS) is 22.7. The van der Waals surface area contributed by atoms with E-state index in [-0.39, 0.29) is 17.4 Å². The van der Waals surface area contributed by atoms with Crippen LogP contribution >= 0.6 is 29.4 Å². The number of halogens is 3. The Morgan fingerprint density at radius 2 is 2.20 bits per heavy atom. The first kappa shape index (κ1) is 29.5.